The second kappa shape index (κ2) is 6.68. The van der Waals surface area contributed by atoms with Crippen LogP contribution >= 0.6 is 27.3 Å². The number of thiophene rings is 1. The minimum Gasteiger partial charge on any atom is -0.341 e. The maximum Gasteiger partial charge on any atom is 0.239 e. The fraction of sp³-hybridized carbons (Fsp3) is 0.615. The molecule has 1 unspecified atom stereocenters. The van der Waals surface area contributed by atoms with Gasteiger partial charge in [-0.15, -0.1) is 0 Å². The van der Waals surface area contributed by atoms with E-state index in [-0.39, 0.29) is 11.9 Å². The Hall–Kier alpha value is -0.390. The first-order chi connectivity index (χ1) is 8.68. The van der Waals surface area contributed by atoms with E-state index in [4.69, 9.17) is 0 Å². The van der Waals surface area contributed by atoms with E-state index in [1.807, 2.05) is 11.8 Å². The number of hydrogen-bond acceptors (Lipinski definition) is 3. The lowest BCUT2D eigenvalue weighted by Crippen LogP contribution is -2.46. The number of hydrogen-bond donors (Lipinski definition) is 1. The van der Waals surface area contributed by atoms with Gasteiger partial charge in [-0.2, -0.15) is 11.3 Å². The zero-order valence-corrected chi connectivity index (χ0v) is 13.0. The van der Waals surface area contributed by atoms with Crippen molar-refractivity contribution in [2.24, 2.45) is 0 Å². The topological polar surface area (TPSA) is 32.3 Å². The van der Waals surface area contributed by atoms with Gasteiger partial charge in [0, 0.05) is 29.5 Å². The molecule has 1 aromatic heterocycles. The summed E-state index contributed by atoms with van der Waals surface area (Å²) in [6.07, 6.45) is 3.55. The highest BCUT2D eigenvalue weighted by Gasteiger charge is 2.21. The van der Waals surface area contributed by atoms with Gasteiger partial charge in [-0.3, -0.25) is 4.79 Å². The third-order valence-electron chi connectivity index (χ3n) is 3.33. The Bertz CT molecular complexity index is 401. The molecule has 18 heavy (non-hydrogen) atoms. The maximum absolute atomic E-state index is 12.2. The molecule has 3 nitrogen and oxygen atoms in total. The summed E-state index contributed by atoms with van der Waals surface area (Å²) in [5, 5.41) is 7.48. The normalized spacial score (nSPS) is 17.8. The van der Waals surface area contributed by atoms with Gasteiger partial charge in [0.15, 0.2) is 0 Å². The molecule has 0 aromatic carbocycles. The molecule has 0 saturated carbocycles. The van der Waals surface area contributed by atoms with Crippen molar-refractivity contribution in [3.05, 3.63) is 20.8 Å². The van der Waals surface area contributed by atoms with Crippen LogP contribution in [0.4, 0.5) is 0 Å². The van der Waals surface area contributed by atoms with Crippen molar-refractivity contribution in [1.29, 1.82) is 0 Å². The van der Waals surface area contributed by atoms with Gasteiger partial charge in [0.05, 0.1) is 6.04 Å². The maximum atomic E-state index is 12.2. The van der Waals surface area contributed by atoms with E-state index in [2.05, 4.69) is 32.0 Å². The number of halogens is 1. The first-order valence-electron chi connectivity index (χ1n) is 6.41. The van der Waals surface area contributed by atoms with Gasteiger partial charge in [0.2, 0.25) is 5.91 Å². The SMILES string of the molecule is CC(NCc1cscc1Br)C(=O)N1CCCCC1. The molecule has 0 radical (unpaired) electrons. The van der Waals surface area contributed by atoms with Gasteiger partial charge < -0.3 is 10.2 Å². The highest BCUT2D eigenvalue weighted by atomic mass is 79.9. The molecule has 1 aliphatic rings. The van der Waals surface area contributed by atoms with Gasteiger partial charge in [-0.05, 0) is 53.1 Å². The first-order valence-corrected chi connectivity index (χ1v) is 8.15. The van der Waals surface area contributed by atoms with E-state index in [1.54, 1.807) is 11.3 Å². The molecule has 1 amide bonds. The van der Waals surface area contributed by atoms with Crippen molar-refractivity contribution < 1.29 is 4.79 Å². The molecule has 1 aromatic rings. The Labute approximate surface area is 121 Å². The molecule has 2 heterocycles. The number of carbonyl (C=O) groups excluding carboxylic acids is 1. The van der Waals surface area contributed by atoms with Gasteiger partial charge in [0.25, 0.3) is 0 Å². The number of rotatable bonds is 4. The number of likely N-dealkylation sites (tertiary alicyclic amines) is 1. The molecule has 0 bridgehead atoms. The highest BCUT2D eigenvalue weighted by Crippen LogP contribution is 2.21. The van der Waals surface area contributed by atoms with E-state index in [9.17, 15) is 4.79 Å². The monoisotopic (exact) mass is 330 g/mol. The Morgan fingerprint density at radius 2 is 2.17 bits per heavy atom. The molecular formula is C13H19BrN2OS. The molecule has 1 atom stereocenters. The summed E-state index contributed by atoms with van der Waals surface area (Å²) in [5.74, 6) is 0.237. The summed E-state index contributed by atoms with van der Waals surface area (Å²) in [7, 11) is 0. The van der Waals surface area contributed by atoms with E-state index < -0.39 is 0 Å². The van der Waals surface area contributed by atoms with Gasteiger partial charge in [-0.25, -0.2) is 0 Å². The fourth-order valence-corrected chi connectivity index (χ4v) is 3.62. The van der Waals surface area contributed by atoms with Crippen LogP contribution in [0.3, 0.4) is 0 Å². The minimum absolute atomic E-state index is 0.102. The largest absolute Gasteiger partial charge is 0.341 e. The second-order valence-electron chi connectivity index (χ2n) is 4.73. The Morgan fingerprint density at radius 1 is 1.44 bits per heavy atom. The van der Waals surface area contributed by atoms with E-state index >= 15 is 0 Å². The van der Waals surface area contributed by atoms with E-state index in [0.29, 0.717) is 0 Å². The molecule has 0 spiro atoms. The highest BCUT2D eigenvalue weighted by molar-refractivity contribution is 9.10. The van der Waals surface area contributed by atoms with Crippen molar-refractivity contribution in [3.63, 3.8) is 0 Å². The second-order valence-corrected chi connectivity index (χ2v) is 6.33. The van der Waals surface area contributed by atoms with Crippen molar-refractivity contribution >= 4 is 33.2 Å². The zero-order chi connectivity index (χ0) is 13.0. The number of nitrogens with zero attached hydrogens (tertiary/aromatic N) is 1. The first kappa shape index (κ1) is 14.0. The van der Waals surface area contributed by atoms with Crippen molar-refractivity contribution in [1.82, 2.24) is 10.2 Å². The number of nitrogens with one attached hydrogen (secondary N) is 1. The molecule has 1 N–H and O–H groups in total. The van der Waals surface area contributed by atoms with Crippen LogP contribution in [-0.2, 0) is 11.3 Å². The summed E-state index contributed by atoms with van der Waals surface area (Å²) in [5.41, 5.74) is 1.22. The number of piperidine rings is 1. The fourth-order valence-electron chi connectivity index (χ4n) is 2.17. The van der Waals surface area contributed by atoms with Crippen molar-refractivity contribution in [2.75, 3.05) is 13.1 Å². The van der Waals surface area contributed by atoms with Crippen LogP contribution in [0.5, 0.6) is 0 Å². The summed E-state index contributed by atoms with van der Waals surface area (Å²) in [4.78, 5) is 14.2. The predicted octanol–water partition coefficient (Wildman–Crippen LogP) is 3.00. The lowest BCUT2D eigenvalue weighted by molar-refractivity contribution is -0.133. The average molecular weight is 331 g/mol. The van der Waals surface area contributed by atoms with Crippen LogP contribution in [0.25, 0.3) is 0 Å². The zero-order valence-electron chi connectivity index (χ0n) is 10.6. The Morgan fingerprint density at radius 3 is 2.78 bits per heavy atom. The molecule has 0 aliphatic carbocycles. The molecule has 1 fully saturated rings. The summed E-state index contributed by atoms with van der Waals surface area (Å²) in [6.45, 7) is 4.54. The molecule has 2 rings (SSSR count). The molecule has 1 aliphatic heterocycles. The molecule has 5 heteroatoms. The number of carbonyl (C=O) groups is 1. The summed E-state index contributed by atoms with van der Waals surface area (Å²) < 4.78 is 1.12. The number of amides is 1. The van der Waals surface area contributed by atoms with Crippen molar-refractivity contribution in [3.8, 4) is 0 Å². The van der Waals surface area contributed by atoms with E-state index in [1.165, 1.54) is 12.0 Å². The van der Waals surface area contributed by atoms with Crippen LogP contribution in [0, 0.1) is 0 Å². The molecule has 100 valence electrons. The van der Waals surface area contributed by atoms with Gasteiger partial charge in [0.1, 0.15) is 0 Å². The van der Waals surface area contributed by atoms with Gasteiger partial charge >= 0.3 is 0 Å². The predicted molar refractivity (Wildman–Crippen MR) is 78.8 cm³/mol. The minimum atomic E-state index is -0.102. The van der Waals surface area contributed by atoms with Crippen LogP contribution in [0.1, 0.15) is 31.7 Å². The molecular weight excluding hydrogens is 312 g/mol. The quantitative estimate of drug-likeness (QED) is 0.920. The van der Waals surface area contributed by atoms with Crippen LogP contribution in [-0.4, -0.2) is 29.9 Å². The van der Waals surface area contributed by atoms with Crippen molar-refractivity contribution in [2.45, 2.75) is 38.8 Å². The van der Waals surface area contributed by atoms with Crippen LogP contribution in [0.2, 0.25) is 0 Å². The average Bonchev–Trinajstić information content (AvgIpc) is 2.81. The van der Waals surface area contributed by atoms with Crippen LogP contribution in [0.15, 0.2) is 15.2 Å². The lowest BCUT2D eigenvalue weighted by atomic mass is 10.1. The third kappa shape index (κ3) is 3.56. The molecule has 1 saturated heterocycles. The summed E-state index contributed by atoms with van der Waals surface area (Å²) >= 11 is 5.18. The third-order valence-corrected chi connectivity index (χ3v) is 5.16. The standard InChI is InChI=1S/C13H19BrN2OS/c1-10(13(17)16-5-3-2-4-6-16)15-7-11-8-18-9-12(11)14/h8-10,15H,2-7H2,1H3. The lowest BCUT2D eigenvalue weighted by Gasteiger charge is -2.29. The van der Waals surface area contributed by atoms with Crippen LogP contribution < -0.4 is 5.32 Å². The van der Waals surface area contributed by atoms with Gasteiger partial charge in [-0.1, -0.05) is 0 Å². The summed E-state index contributed by atoms with van der Waals surface area (Å²) in [6, 6.07) is -0.102. The van der Waals surface area contributed by atoms with E-state index in [0.717, 1.165) is 36.9 Å². The smallest absolute Gasteiger partial charge is 0.239 e. The Balaban J connectivity index is 1.82. The Kier molecular flexibility index (Phi) is 5.21.